The number of amides is 2. The molecule has 0 saturated carbocycles. The lowest BCUT2D eigenvalue weighted by atomic mass is 10.1. The second-order valence-electron chi connectivity index (χ2n) is 9.06. The van der Waals surface area contributed by atoms with Crippen LogP contribution in [0.25, 0.3) is 0 Å². The van der Waals surface area contributed by atoms with Crippen molar-refractivity contribution in [3.05, 3.63) is 82.0 Å². The van der Waals surface area contributed by atoms with Gasteiger partial charge in [0.25, 0.3) is 5.91 Å². The largest absolute Gasteiger partial charge is 0.454 e. The van der Waals surface area contributed by atoms with Crippen LogP contribution in [-0.4, -0.2) is 79.2 Å². The van der Waals surface area contributed by atoms with Gasteiger partial charge in [0, 0.05) is 43.2 Å². The van der Waals surface area contributed by atoms with Crippen molar-refractivity contribution in [1.82, 2.24) is 14.7 Å². The van der Waals surface area contributed by atoms with Crippen molar-refractivity contribution in [2.45, 2.75) is 13.1 Å². The molecule has 1 fully saturated rings. The van der Waals surface area contributed by atoms with Crippen molar-refractivity contribution in [1.29, 1.82) is 0 Å². The number of rotatable bonds is 10. The van der Waals surface area contributed by atoms with E-state index in [9.17, 15) is 9.59 Å². The lowest BCUT2D eigenvalue weighted by Crippen LogP contribution is -2.47. The van der Waals surface area contributed by atoms with Crippen molar-refractivity contribution in [2.75, 3.05) is 52.7 Å². The van der Waals surface area contributed by atoms with Gasteiger partial charge in [0.1, 0.15) is 6.54 Å². The molecule has 37 heavy (non-hydrogen) atoms. The van der Waals surface area contributed by atoms with Gasteiger partial charge >= 0.3 is 0 Å². The molecule has 0 aliphatic carbocycles. The van der Waals surface area contributed by atoms with Gasteiger partial charge in [0.15, 0.2) is 11.5 Å². The molecule has 5 rings (SSSR count). The second-order valence-corrected chi connectivity index (χ2v) is 10.1. The molecular weight excluding hydrogens is 490 g/mol. The SMILES string of the molecule is O=C(CN(CCN1CCOCC1)C(=O)c1ccc2c(c1)OCO2)N(Cc1ccccc1)Cc1cccs1. The number of fused-ring (bicyclic) bond motifs is 1. The Morgan fingerprint density at radius 1 is 0.892 bits per heavy atom. The van der Waals surface area contributed by atoms with Gasteiger partial charge in [-0.3, -0.25) is 14.5 Å². The Hall–Kier alpha value is -3.40. The predicted molar refractivity (Wildman–Crippen MR) is 141 cm³/mol. The van der Waals surface area contributed by atoms with Crippen LogP contribution in [0, 0.1) is 0 Å². The Bertz CT molecular complexity index is 1180. The van der Waals surface area contributed by atoms with Gasteiger partial charge in [-0.25, -0.2) is 0 Å². The van der Waals surface area contributed by atoms with Crippen molar-refractivity contribution in [3.63, 3.8) is 0 Å². The average molecular weight is 522 g/mol. The van der Waals surface area contributed by atoms with E-state index < -0.39 is 0 Å². The van der Waals surface area contributed by atoms with Crippen molar-refractivity contribution in [3.8, 4) is 11.5 Å². The molecule has 0 atom stereocenters. The normalized spacial score (nSPS) is 14.9. The molecule has 9 heteroatoms. The van der Waals surface area contributed by atoms with E-state index in [1.165, 1.54) is 0 Å². The predicted octanol–water partition coefficient (Wildman–Crippen LogP) is 3.48. The van der Waals surface area contributed by atoms with Crippen LogP contribution < -0.4 is 9.47 Å². The van der Waals surface area contributed by atoms with Crippen molar-refractivity contribution < 1.29 is 23.8 Å². The van der Waals surface area contributed by atoms with Gasteiger partial charge in [-0.05, 0) is 35.2 Å². The van der Waals surface area contributed by atoms with E-state index in [0.717, 1.165) is 23.5 Å². The maximum Gasteiger partial charge on any atom is 0.254 e. The molecule has 2 aliphatic rings. The highest BCUT2D eigenvalue weighted by molar-refractivity contribution is 7.09. The number of thiophene rings is 1. The summed E-state index contributed by atoms with van der Waals surface area (Å²) in [6.07, 6.45) is 0. The highest BCUT2D eigenvalue weighted by Crippen LogP contribution is 2.32. The number of carbonyl (C=O) groups is 2. The lowest BCUT2D eigenvalue weighted by molar-refractivity contribution is -0.133. The van der Waals surface area contributed by atoms with E-state index >= 15 is 0 Å². The highest BCUT2D eigenvalue weighted by atomic mass is 32.1. The minimum atomic E-state index is -0.198. The van der Waals surface area contributed by atoms with Gasteiger partial charge in [-0.1, -0.05) is 36.4 Å². The molecule has 0 unspecified atom stereocenters. The van der Waals surface area contributed by atoms with Gasteiger partial charge in [0.2, 0.25) is 12.7 Å². The molecule has 0 bridgehead atoms. The molecule has 0 N–H and O–H groups in total. The van der Waals surface area contributed by atoms with Crippen LogP contribution in [0.1, 0.15) is 20.8 Å². The Balaban J connectivity index is 1.34. The molecular formula is C28H31N3O5S. The molecule has 1 aromatic heterocycles. The number of nitrogens with zero attached hydrogens (tertiary/aromatic N) is 3. The molecule has 3 aromatic rings. The minimum Gasteiger partial charge on any atom is -0.454 e. The first-order valence-corrected chi connectivity index (χ1v) is 13.4. The number of benzene rings is 2. The quantitative estimate of drug-likeness (QED) is 0.407. The first kappa shape index (κ1) is 25.3. The fraction of sp³-hybridized carbons (Fsp3) is 0.357. The lowest BCUT2D eigenvalue weighted by Gasteiger charge is -2.31. The summed E-state index contributed by atoms with van der Waals surface area (Å²) in [5.74, 6) is 0.884. The summed E-state index contributed by atoms with van der Waals surface area (Å²) in [6, 6.07) is 19.1. The number of carbonyl (C=O) groups excluding carboxylic acids is 2. The maximum absolute atomic E-state index is 13.7. The summed E-state index contributed by atoms with van der Waals surface area (Å²) >= 11 is 1.62. The molecule has 0 radical (unpaired) electrons. The smallest absolute Gasteiger partial charge is 0.254 e. The van der Waals surface area contributed by atoms with E-state index in [1.54, 1.807) is 34.4 Å². The molecule has 2 aliphatic heterocycles. The molecule has 1 saturated heterocycles. The summed E-state index contributed by atoms with van der Waals surface area (Å²) in [5, 5.41) is 2.01. The number of hydrogen-bond acceptors (Lipinski definition) is 7. The summed E-state index contributed by atoms with van der Waals surface area (Å²) < 4.78 is 16.3. The van der Waals surface area contributed by atoms with Crippen LogP contribution in [0.2, 0.25) is 0 Å². The average Bonchev–Trinajstić information content (AvgIpc) is 3.63. The van der Waals surface area contributed by atoms with Gasteiger partial charge in [-0.2, -0.15) is 0 Å². The van der Waals surface area contributed by atoms with Crippen LogP contribution in [-0.2, 0) is 22.6 Å². The fourth-order valence-electron chi connectivity index (χ4n) is 4.44. The summed E-state index contributed by atoms with van der Waals surface area (Å²) in [7, 11) is 0. The second kappa shape index (κ2) is 12.2. The van der Waals surface area contributed by atoms with Gasteiger partial charge in [-0.15, -0.1) is 11.3 Å². The van der Waals surface area contributed by atoms with Crippen LogP contribution in [0.5, 0.6) is 11.5 Å². The molecule has 8 nitrogen and oxygen atoms in total. The molecule has 194 valence electrons. The van der Waals surface area contributed by atoms with Crippen LogP contribution >= 0.6 is 11.3 Å². The van der Waals surface area contributed by atoms with E-state index in [-0.39, 0.29) is 25.2 Å². The zero-order chi connectivity index (χ0) is 25.5. The third-order valence-electron chi connectivity index (χ3n) is 6.52. The van der Waals surface area contributed by atoms with Crippen LogP contribution in [0.15, 0.2) is 66.0 Å². The van der Waals surface area contributed by atoms with E-state index in [4.69, 9.17) is 14.2 Å². The maximum atomic E-state index is 13.7. The Kier molecular flexibility index (Phi) is 8.35. The standard InChI is InChI=1S/C28H31N3O5S/c32-27(31(19-24-7-4-16-37-24)18-22-5-2-1-3-6-22)20-30(11-10-29-12-14-34-15-13-29)28(33)23-8-9-25-26(17-23)36-21-35-25/h1-9,16-17H,10-15,18-21H2. The Morgan fingerprint density at radius 2 is 1.70 bits per heavy atom. The van der Waals surface area contributed by atoms with Crippen molar-refractivity contribution >= 4 is 23.2 Å². The highest BCUT2D eigenvalue weighted by Gasteiger charge is 2.25. The Labute approximate surface area is 220 Å². The summed E-state index contributed by atoms with van der Waals surface area (Å²) in [5.41, 5.74) is 1.53. The fourth-order valence-corrected chi connectivity index (χ4v) is 5.16. The molecule has 2 aromatic carbocycles. The summed E-state index contributed by atoms with van der Waals surface area (Å²) in [6.45, 7) is 5.24. The topological polar surface area (TPSA) is 71.5 Å². The first-order chi connectivity index (χ1) is 18.2. The molecule has 3 heterocycles. The summed E-state index contributed by atoms with van der Waals surface area (Å²) in [4.78, 5) is 34.2. The zero-order valence-electron chi connectivity index (χ0n) is 20.7. The number of hydrogen-bond donors (Lipinski definition) is 0. The number of morpholine rings is 1. The molecule has 0 spiro atoms. The third-order valence-corrected chi connectivity index (χ3v) is 7.38. The van der Waals surface area contributed by atoms with E-state index in [1.807, 2.05) is 52.7 Å². The van der Waals surface area contributed by atoms with Gasteiger partial charge < -0.3 is 24.0 Å². The van der Waals surface area contributed by atoms with Crippen LogP contribution in [0.3, 0.4) is 0 Å². The third kappa shape index (κ3) is 6.68. The van der Waals surface area contributed by atoms with Crippen molar-refractivity contribution in [2.24, 2.45) is 0 Å². The minimum absolute atomic E-state index is 0.00414. The van der Waals surface area contributed by atoms with Gasteiger partial charge in [0.05, 0.1) is 19.8 Å². The first-order valence-electron chi connectivity index (χ1n) is 12.5. The van der Waals surface area contributed by atoms with E-state index in [0.29, 0.717) is 56.5 Å². The molecule has 2 amide bonds. The zero-order valence-corrected chi connectivity index (χ0v) is 21.5. The number of ether oxygens (including phenoxy) is 3. The van der Waals surface area contributed by atoms with E-state index in [2.05, 4.69) is 4.90 Å². The van der Waals surface area contributed by atoms with Crippen LogP contribution in [0.4, 0.5) is 0 Å². The Morgan fingerprint density at radius 3 is 2.49 bits per heavy atom. The monoisotopic (exact) mass is 521 g/mol.